The zero-order chi connectivity index (χ0) is 25.0. The molecule has 0 saturated carbocycles. The molecule has 1 atom stereocenters. The van der Waals surface area contributed by atoms with E-state index in [0.717, 1.165) is 43.7 Å². The summed E-state index contributed by atoms with van der Waals surface area (Å²) in [6.45, 7) is 1.96. The Morgan fingerprint density at radius 3 is 2.61 bits per heavy atom. The first kappa shape index (κ1) is 25.3. The van der Waals surface area contributed by atoms with Crippen LogP contribution in [-0.4, -0.2) is 44.2 Å². The predicted octanol–water partition coefficient (Wildman–Crippen LogP) is 4.66. The van der Waals surface area contributed by atoms with Gasteiger partial charge in [0, 0.05) is 36.2 Å². The minimum atomic E-state index is -0.207. The summed E-state index contributed by atoms with van der Waals surface area (Å²) in [5.74, 6) is 0.372. The molecule has 0 radical (unpaired) electrons. The predicted molar refractivity (Wildman–Crippen MR) is 142 cm³/mol. The summed E-state index contributed by atoms with van der Waals surface area (Å²) in [4.78, 5) is 24.9. The van der Waals surface area contributed by atoms with Gasteiger partial charge in [0.05, 0.1) is 19.3 Å². The van der Waals surface area contributed by atoms with Crippen LogP contribution in [0.2, 0.25) is 0 Å². The van der Waals surface area contributed by atoms with Crippen molar-refractivity contribution in [1.82, 2.24) is 5.32 Å². The second-order valence-electron chi connectivity index (χ2n) is 8.79. The highest BCUT2D eigenvalue weighted by atomic mass is 16.5. The molecule has 7 heteroatoms. The van der Waals surface area contributed by atoms with Crippen molar-refractivity contribution in [2.45, 2.75) is 31.8 Å². The molecule has 0 spiro atoms. The topological polar surface area (TPSA) is 88.7 Å². The van der Waals surface area contributed by atoms with E-state index in [9.17, 15) is 9.59 Å². The molecular formula is C29H33N3O4. The van der Waals surface area contributed by atoms with Crippen LogP contribution in [0.15, 0.2) is 78.9 Å². The number of benzene rings is 3. The van der Waals surface area contributed by atoms with Crippen LogP contribution in [0.5, 0.6) is 5.75 Å². The fraction of sp³-hybridized carbons (Fsp3) is 0.310. The zero-order valence-electron chi connectivity index (χ0n) is 20.4. The Kier molecular flexibility index (Phi) is 9.33. The Balaban J connectivity index is 1.19. The van der Waals surface area contributed by atoms with Gasteiger partial charge >= 0.3 is 0 Å². The Morgan fingerprint density at radius 2 is 1.78 bits per heavy atom. The third-order valence-electron chi connectivity index (χ3n) is 5.93. The first-order chi connectivity index (χ1) is 17.7. The van der Waals surface area contributed by atoms with Crippen molar-refractivity contribution in [3.63, 3.8) is 0 Å². The monoisotopic (exact) mass is 487 g/mol. The van der Waals surface area contributed by atoms with E-state index in [1.54, 1.807) is 24.3 Å². The number of rotatable bonds is 12. The van der Waals surface area contributed by atoms with Crippen LogP contribution >= 0.6 is 0 Å². The second kappa shape index (κ2) is 13.3. The first-order valence-corrected chi connectivity index (χ1v) is 12.5. The fourth-order valence-corrected chi connectivity index (χ4v) is 4.05. The van der Waals surface area contributed by atoms with Gasteiger partial charge in [-0.2, -0.15) is 0 Å². The SMILES string of the molecule is O=C(CNc1cccc(OCCCc2ccccc2)c1)Nc1cccc(C(=O)NCC2CCCO2)c1. The lowest BCUT2D eigenvalue weighted by molar-refractivity contribution is -0.114. The Labute approximate surface area is 212 Å². The molecule has 0 bridgehead atoms. The maximum Gasteiger partial charge on any atom is 0.251 e. The van der Waals surface area contributed by atoms with Gasteiger partial charge in [-0.25, -0.2) is 0 Å². The van der Waals surface area contributed by atoms with E-state index >= 15 is 0 Å². The lowest BCUT2D eigenvalue weighted by Gasteiger charge is -2.12. The van der Waals surface area contributed by atoms with Gasteiger partial charge in [0.15, 0.2) is 0 Å². The van der Waals surface area contributed by atoms with Crippen LogP contribution in [0, 0.1) is 0 Å². The highest BCUT2D eigenvalue weighted by molar-refractivity contribution is 5.98. The molecule has 3 aromatic rings. The second-order valence-corrected chi connectivity index (χ2v) is 8.79. The highest BCUT2D eigenvalue weighted by Crippen LogP contribution is 2.18. The van der Waals surface area contributed by atoms with Crippen molar-refractivity contribution in [2.24, 2.45) is 0 Å². The van der Waals surface area contributed by atoms with Crippen LogP contribution < -0.4 is 20.7 Å². The Hall–Kier alpha value is -3.84. The Bertz CT molecular complexity index is 1130. The number of anilines is 2. The average molecular weight is 488 g/mol. The van der Waals surface area contributed by atoms with Gasteiger partial charge in [0.2, 0.25) is 5.91 Å². The summed E-state index contributed by atoms with van der Waals surface area (Å²) in [6.07, 6.45) is 3.97. The molecule has 1 aliphatic rings. The molecule has 4 rings (SSSR count). The van der Waals surface area contributed by atoms with Crippen LogP contribution in [0.4, 0.5) is 11.4 Å². The number of hydrogen-bond acceptors (Lipinski definition) is 5. The van der Waals surface area contributed by atoms with Crippen molar-refractivity contribution in [3.8, 4) is 5.75 Å². The largest absolute Gasteiger partial charge is 0.494 e. The molecular weight excluding hydrogens is 454 g/mol. The molecule has 1 fully saturated rings. The molecule has 1 heterocycles. The normalized spacial score (nSPS) is 14.7. The number of nitrogens with one attached hydrogen (secondary N) is 3. The third kappa shape index (κ3) is 8.13. The van der Waals surface area contributed by atoms with E-state index in [0.29, 0.717) is 24.4 Å². The minimum absolute atomic E-state index is 0.0844. The Morgan fingerprint density at radius 1 is 0.944 bits per heavy atom. The lowest BCUT2D eigenvalue weighted by Crippen LogP contribution is -2.31. The summed E-state index contributed by atoms with van der Waals surface area (Å²) in [6, 6.07) is 24.8. The molecule has 36 heavy (non-hydrogen) atoms. The van der Waals surface area contributed by atoms with Crippen molar-refractivity contribution in [1.29, 1.82) is 0 Å². The molecule has 1 unspecified atom stereocenters. The molecule has 1 aliphatic heterocycles. The van der Waals surface area contributed by atoms with Crippen LogP contribution in [-0.2, 0) is 16.0 Å². The van der Waals surface area contributed by atoms with Gasteiger partial charge in [0.1, 0.15) is 5.75 Å². The maximum absolute atomic E-state index is 12.5. The van der Waals surface area contributed by atoms with E-state index in [-0.39, 0.29) is 24.5 Å². The number of ether oxygens (including phenoxy) is 2. The smallest absolute Gasteiger partial charge is 0.251 e. The van der Waals surface area contributed by atoms with Gasteiger partial charge in [-0.1, -0.05) is 42.5 Å². The van der Waals surface area contributed by atoms with Crippen molar-refractivity contribution in [3.05, 3.63) is 90.0 Å². The van der Waals surface area contributed by atoms with Crippen LogP contribution in [0.3, 0.4) is 0 Å². The fourth-order valence-electron chi connectivity index (χ4n) is 4.05. The number of carbonyl (C=O) groups is 2. The van der Waals surface area contributed by atoms with Gasteiger partial charge in [-0.05, 0) is 61.6 Å². The van der Waals surface area contributed by atoms with E-state index < -0.39 is 0 Å². The molecule has 1 saturated heterocycles. The van der Waals surface area contributed by atoms with E-state index in [1.807, 2.05) is 42.5 Å². The van der Waals surface area contributed by atoms with Crippen molar-refractivity contribution in [2.75, 3.05) is 36.9 Å². The molecule has 0 aromatic heterocycles. The summed E-state index contributed by atoms with van der Waals surface area (Å²) in [7, 11) is 0. The molecule has 2 amide bonds. The molecule has 7 nitrogen and oxygen atoms in total. The molecule has 0 aliphatic carbocycles. The van der Waals surface area contributed by atoms with E-state index in [1.165, 1.54) is 5.56 Å². The minimum Gasteiger partial charge on any atom is -0.494 e. The number of aryl methyl sites for hydroxylation is 1. The average Bonchev–Trinajstić information content (AvgIpc) is 3.43. The van der Waals surface area contributed by atoms with E-state index in [2.05, 4.69) is 28.1 Å². The summed E-state index contributed by atoms with van der Waals surface area (Å²) in [5, 5.41) is 8.86. The third-order valence-corrected chi connectivity index (χ3v) is 5.93. The number of hydrogen-bond donors (Lipinski definition) is 3. The van der Waals surface area contributed by atoms with E-state index in [4.69, 9.17) is 9.47 Å². The van der Waals surface area contributed by atoms with Gasteiger partial charge < -0.3 is 25.4 Å². The maximum atomic E-state index is 12.5. The molecule has 188 valence electrons. The quantitative estimate of drug-likeness (QED) is 0.324. The molecule has 3 N–H and O–H groups in total. The van der Waals surface area contributed by atoms with Crippen molar-refractivity contribution < 1.29 is 19.1 Å². The first-order valence-electron chi connectivity index (χ1n) is 12.5. The lowest BCUT2D eigenvalue weighted by atomic mass is 10.1. The van der Waals surface area contributed by atoms with Gasteiger partial charge in [0.25, 0.3) is 5.91 Å². The summed E-state index contributed by atoms with van der Waals surface area (Å²) >= 11 is 0. The van der Waals surface area contributed by atoms with Gasteiger partial charge in [-0.3, -0.25) is 9.59 Å². The number of amides is 2. The molecule has 3 aromatic carbocycles. The standard InChI is InChI=1S/C29H33N3O4/c33-28(32-25-13-4-11-23(18-25)29(34)31-20-27-15-7-17-36-27)21-30-24-12-5-14-26(19-24)35-16-6-10-22-8-2-1-3-9-22/h1-5,8-9,11-14,18-19,27,30H,6-7,10,15-17,20-21H2,(H,31,34)(H,32,33). The number of carbonyl (C=O) groups excluding carboxylic acids is 2. The summed E-state index contributed by atoms with van der Waals surface area (Å²) in [5.41, 5.74) is 3.17. The highest BCUT2D eigenvalue weighted by Gasteiger charge is 2.17. The summed E-state index contributed by atoms with van der Waals surface area (Å²) < 4.78 is 11.4. The van der Waals surface area contributed by atoms with Crippen molar-refractivity contribution >= 4 is 23.2 Å². The van der Waals surface area contributed by atoms with Gasteiger partial charge in [-0.15, -0.1) is 0 Å². The zero-order valence-corrected chi connectivity index (χ0v) is 20.4. The van der Waals surface area contributed by atoms with Crippen LogP contribution in [0.1, 0.15) is 35.2 Å². The van der Waals surface area contributed by atoms with Crippen LogP contribution in [0.25, 0.3) is 0 Å².